The van der Waals surface area contributed by atoms with Gasteiger partial charge >= 0.3 is 6.18 Å². The summed E-state index contributed by atoms with van der Waals surface area (Å²) in [4.78, 5) is 15.5. The number of benzene rings is 1. The Morgan fingerprint density at radius 2 is 1.95 bits per heavy atom. The number of carbonyl (C=O) groups is 1. The van der Waals surface area contributed by atoms with Gasteiger partial charge in [0.05, 0.1) is 17.7 Å². The molecule has 4 nitrogen and oxygen atoms in total. The summed E-state index contributed by atoms with van der Waals surface area (Å²) in [5, 5.41) is 2.49. The molecule has 1 heterocycles. The van der Waals surface area contributed by atoms with Crippen molar-refractivity contribution >= 4 is 11.6 Å². The molecular weight excluding hydrogens is 273 g/mol. The summed E-state index contributed by atoms with van der Waals surface area (Å²) in [6, 6.07) is 4.23. The number of amides is 1. The fourth-order valence-corrected chi connectivity index (χ4v) is 1.59. The van der Waals surface area contributed by atoms with Gasteiger partial charge in [-0.15, -0.1) is 0 Å². The van der Waals surface area contributed by atoms with Gasteiger partial charge in [-0.25, -0.2) is 4.98 Å². The summed E-state index contributed by atoms with van der Waals surface area (Å²) in [7, 11) is 0. The lowest BCUT2D eigenvalue weighted by atomic mass is 10.2. The molecule has 0 aliphatic carbocycles. The number of aromatic nitrogens is 1. The fraction of sp³-hybridized carbons (Fsp3) is 0.231. The van der Waals surface area contributed by atoms with Crippen molar-refractivity contribution in [2.45, 2.75) is 19.5 Å². The van der Waals surface area contributed by atoms with Crippen molar-refractivity contribution in [2.24, 2.45) is 0 Å². The minimum absolute atomic E-state index is 0.0210. The Balaban J connectivity index is 2.00. The van der Waals surface area contributed by atoms with Crippen LogP contribution in [0, 0.1) is 6.92 Å². The first-order valence-electron chi connectivity index (χ1n) is 5.72. The van der Waals surface area contributed by atoms with Crippen LogP contribution in [0.4, 0.5) is 18.9 Å². The van der Waals surface area contributed by atoms with Crippen LogP contribution in [0.5, 0.6) is 0 Å². The van der Waals surface area contributed by atoms with Crippen molar-refractivity contribution in [1.82, 2.24) is 4.98 Å². The molecule has 1 amide bonds. The first kappa shape index (κ1) is 14.1. The third kappa shape index (κ3) is 3.37. The SMILES string of the molecule is Cc1ncoc1CC(=O)Nc1ccc(C(F)(F)F)cc1. The molecule has 1 aromatic heterocycles. The largest absolute Gasteiger partial charge is 0.448 e. The Hall–Kier alpha value is -2.31. The Kier molecular flexibility index (Phi) is 3.78. The molecule has 0 spiro atoms. The van der Waals surface area contributed by atoms with Crippen molar-refractivity contribution in [3.8, 4) is 0 Å². The number of halogens is 3. The van der Waals surface area contributed by atoms with Gasteiger partial charge in [-0.05, 0) is 31.2 Å². The zero-order valence-electron chi connectivity index (χ0n) is 10.5. The Bertz CT molecular complexity index is 603. The first-order chi connectivity index (χ1) is 9.36. The number of aryl methyl sites for hydroxylation is 1. The lowest BCUT2D eigenvalue weighted by Crippen LogP contribution is -2.15. The van der Waals surface area contributed by atoms with Crippen molar-refractivity contribution in [2.75, 3.05) is 5.32 Å². The van der Waals surface area contributed by atoms with Crippen LogP contribution in [0.25, 0.3) is 0 Å². The number of anilines is 1. The quantitative estimate of drug-likeness (QED) is 0.941. The molecule has 1 N–H and O–H groups in total. The molecule has 106 valence electrons. The monoisotopic (exact) mass is 284 g/mol. The number of carbonyl (C=O) groups excluding carboxylic acids is 1. The first-order valence-corrected chi connectivity index (χ1v) is 5.72. The summed E-state index contributed by atoms with van der Waals surface area (Å²) in [6.45, 7) is 1.70. The molecule has 0 unspecified atom stereocenters. The summed E-state index contributed by atoms with van der Waals surface area (Å²) in [6.07, 6.45) is -3.18. The fourth-order valence-electron chi connectivity index (χ4n) is 1.59. The topological polar surface area (TPSA) is 55.1 Å². The number of oxazole rings is 1. The maximum absolute atomic E-state index is 12.4. The van der Waals surface area contributed by atoms with Crippen LogP contribution in [0.1, 0.15) is 17.0 Å². The third-order valence-electron chi connectivity index (χ3n) is 2.66. The molecule has 0 bridgehead atoms. The van der Waals surface area contributed by atoms with E-state index in [4.69, 9.17) is 4.42 Å². The molecule has 0 saturated heterocycles. The van der Waals surface area contributed by atoms with Crippen molar-refractivity contribution in [3.63, 3.8) is 0 Å². The summed E-state index contributed by atoms with van der Waals surface area (Å²) >= 11 is 0. The highest BCUT2D eigenvalue weighted by Gasteiger charge is 2.29. The molecule has 2 rings (SSSR count). The second-order valence-electron chi connectivity index (χ2n) is 4.16. The lowest BCUT2D eigenvalue weighted by molar-refractivity contribution is -0.137. The summed E-state index contributed by atoms with van der Waals surface area (Å²) in [5.74, 6) is 0.0408. The van der Waals surface area contributed by atoms with Gasteiger partial charge in [-0.2, -0.15) is 13.2 Å². The van der Waals surface area contributed by atoms with Gasteiger partial charge < -0.3 is 9.73 Å². The standard InChI is InChI=1S/C13H11F3N2O2/c1-8-11(20-7-17-8)6-12(19)18-10-4-2-9(3-5-10)13(14,15)16/h2-5,7H,6H2,1H3,(H,18,19). The van der Waals surface area contributed by atoms with Crippen LogP contribution < -0.4 is 5.32 Å². The Morgan fingerprint density at radius 1 is 1.30 bits per heavy atom. The minimum Gasteiger partial charge on any atom is -0.448 e. The normalized spacial score (nSPS) is 11.4. The van der Waals surface area contributed by atoms with E-state index in [9.17, 15) is 18.0 Å². The van der Waals surface area contributed by atoms with Gasteiger partial charge in [0, 0.05) is 5.69 Å². The van der Waals surface area contributed by atoms with E-state index in [2.05, 4.69) is 10.3 Å². The molecule has 2 aromatic rings. The van der Waals surface area contributed by atoms with Gasteiger partial charge in [0.2, 0.25) is 5.91 Å². The van der Waals surface area contributed by atoms with Gasteiger partial charge in [0.15, 0.2) is 6.39 Å². The van der Waals surface area contributed by atoms with E-state index in [0.29, 0.717) is 17.1 Å². The summed E-state index contributed by atoms with van der Waals surface area (Å²) in [5.41, 5.74) is 0.134. The zero-order chi connectivity index (χ0) is 14.8. The van der Waals surface area contributed by atoms with Crippen LogP contribution in [-0.2, 0) is 17.4 Å². The van der Waals surface area contributed by atoms with Gasteiger partial charge in [0.1, 0.15) is 5.76 Å². The molecule has 20 heavy (non-hydrogen) atoms. The van der Waals surface area contributed by atoms with Crippen molar-refractivity contribution < 1.29 is 22.4 Å². The van der Waals surface area contributed by atoms with E-state index in [-0.39, 0.29) is 12.3 Å². The van der Waals surface area contributed by atoms with Crippen LogP contribution in [-0.4, -0.2) is 10.9 Å². The minimum atomic E-state index is -4.39. The molecule has 0 radical (unpaired) electrons. The number of hydrogen-bond donors (Lipinski definition) is 1. The number of alkyl halides is 3. The number of nitrogens with zero attached hydrogens (tertiary/aromatic N) is 1. The number of hydrogen-bond acceptors (Lipinski definition) is 3. The lowest BCUT2D eigenvalue weighted by Gasteiger charge is -2.08. The van der Waals surface area contributed by atoms with Gasteiger partial charge in [-0.3, -0.25) is 4.79 Å². The molecule has 0 aliphatic heterocycles. The summed E-state index contributed by atoms with van der Waals surface area (Å²) < 4.78 is 42.1. The Labute approximate surface area is 112 Å². The smallest absolute Gasteiger partial charge is 0.416 e. The van der Waals surface area contributed by atoms with E-state index < -0.39 is 11.7 Å². The van der Waals surface area contributed by atoms with E-state index in [1.807, 2.05) is 0 Å². The maximum atomic E-state index is 12.4. The average molecular weight is 284 g/mol. The molecular formula is C13H11F3N2O2. The molecule has 0 aliphatic rings. The van der Waals surface area contributed by atoms with Gasteiger partial charge in [0.25, 0.3) is 0 Å². The highest BCUT2D eigenvalue weighted by molar-refractivity contribution is 5.92. The highest BCUT2D eigenvalue weighted by atomic mass is 19.4. The average Bonchev–Trinajstić information content (AvgIpc) is 2.74. The molecule has 7 heteroatoms. The van der Waals surface area contributed by atoms with Crippen molar-refractivity contribution in [3.05, 3.63) is 47.7 Å². The second-order valence-corrected chi connectivity index (χ2v) is 4.16. The molecule has 0 fully saturated rings. The zero-order valence-corrected chi connectivity index (χ0v) is 10.5. The Morgan fingerprint density at radius 3 is 2.45 bits per heavy atom. The van der Waals surface area contributed by atoms with E-state index in [0.717, 1.165) is 12.1 Å². The predicted molar refractivity (Wildman–Crippen MR) is 65.0 cm³/mol. The van der Waals surface area contributed by atoms with Crippen LogP contribution in [0.15, 0.2) is 35.1 Å². The van der Waals surface area contributed by atoms with Crippen LogP contribution in [0.2, 0.25) is 0 Å². The van der Waals surface area contributed by atoms with Crippen LogP contribution >= 0.6 is 0 Å². The number of nitrogens with one attached hydrogen (secondary N) is 1. The predicted octanol–water partition coefficient (Wildman–Crippen LogP) is 3.18. The van der Waals surface area contributed by atoms with Crippen LogP contribution in [0.3, 0.4) is 0 Å². The molecule has 0 atom stereocenters. The van der Waals surface area contributed by atoms with Crippen molar-refractivity contribution in [1.29, 1.82) is 0 Å². The van der Waals surface area contributed by atoms with E-state index in [1.54, 1.807) is 6.92 Å². The van der Waals surface area contributed by atoms with Gasteiger partial charge in [-0.1, -0.05) is 0 Å². The second kappa shape index (κ2) is 5.36. The van der Waals surface area contributed by atoms with E-state index in [1.165, 1.54) is 18.5 Å². The molecule has 1 aromatic carbocycles. The maximum Gasteiger partial charge on any atom is 0.416 e. The molecule has 0 saturated carbocycles. The van der Waals surface area contributed by atoms with E-state index >= 15 is 0 Å². The third-order valence-corrected chi connectivity index (χ3v) is 2.66. The highest BCUT2D eigenvalue weighted by Crippen LogP contribution is 2.29. The number of rotatable bonds is 3.